The average Bonchev–Trinajstić information content (AvgIpc) is 3.31. The summed E-state index contributed by atoms with van der Waals surface area (Å²) in [6.07, 6.45) is 3.08. The average molecular weight is 360 g/mol. The van der Waals surface area contributed by atoms with Gasteiger partial charge in [0.15, 0.2) is 0 Å². The Kier molecular flexibility index (Phi) is 4.70. The molecule has 0 spiro atoms. The Balaban J connectivity index is 1.50. The smallest absolute Gasteiger partial charge is 0.256 e. The Morgan fingerprint density at radius 3 is 2.70 bits per heavy atom. The van der Waals surface area contributed by atoms with E-state index < -0.39 is 0 Å². The fraction of sp³-hybridized carbons (Fsp3) is 0.190. The van der Waals surface area contributed by atoms with Gasteiger partial charge < -0.3 is 10.2 Å². The van der Waals surface area contributed by atoms with E-state index in [0.29, 0.717) is 30.9 Å². The van der Waals surface area contributed by atoms with Gasteiger partial charge in [0.25, 0.3) is 5.91 Å². The highest BCUT2D eigenvalue weighted by Gasteiger charge is 2.22. The van der Waals surface area contributed by atoms with Crippen LogP contribution in [0.5, 0.6) is 0 Å². The summed E-state index contributed by atoms with van der Waals surface area (Å²) < 4.78 is 1.75. The van der Waals surface area contributed by atoms with E-state index in [9.17, 15) is 9.59 Å². The first-order valence-electron chi connectivity index (χ1n) is 8.98. The highest BCUT2D eigenvalue weighted by molar-refractivity contribution is 6.05. The van der Waals surface area contributed by atoms with Crippen LogP contribution in [0.15, 0.2) is 66.9 Å². The van der Waals surface area contributed by atoms with Gasteiger partial charge in [0.1, 0.15) is 5.82 Å². The number of carbonyl (C=O) groups is 2. The molecule has 6 nitrogen and oxygen atoms in total. The predicted molar refractivity (Wildman–Crippen MR) is 104 cm³/mol. The molecule has 4 rings (SSSR count). The molecule has 1 fully saturated rings. The van der Waals surface area contributed by atoms with Crippen LogP contribution in [0.25, 0.3) is 0 Å². The van der Waals surface area contributed by atoms with Crippen molar-refractivity contribution in [3.63, 3.8) is 0 Å². The minimum Gasteiger partial charge on any atom is -0.312 e. The monoisotopic (exact) mass is 360 g/mol. The molecule has 0 radical (unpaired) electrons. The van der Waals surface area contributed by atoms with Crippen LogP contribution in [-0.4, -0.2) is 28.1 Å². The fourth-order valence-corrected chi connectivity index (χ4v) is 3.25. The highest BCUT2D eigenvalue weighted by atomic mass is 16.2. The summed E-state index contributed by atoms with van der Waals surface area (Å²) >= 11 is 0. The van der Waals surface area contributed by atoms with Gasteiger partial charge in [-0.2, -0.15) is 5.10 Å². The summed E-state index contributed by atoms with van der Waals surface area (Å²) in [5.74, 6) is 0.512. The van der Waals surface area contributed by atoms with Gasteiger partial charge in [-0.1, -0.05) is 36.4 Å². The van der Waals surface area contributed by atoms with Crippen LogP contribution in [0.1, 0.15) is 28.8 Å². The van der Waals surface area contributed by atoms with Gasteiger partial charge >= 0.3 is 0 Å². The summed E-state index contributed by atoms with van der Waals surface area (Å²) in [4.78, 5) is 26.4. The van der Waals surface area contributed by atoms with Crippen LogP contribution in [0.3, 0.4) is 0 Å². The molecule has 0 aliphatic carbocycles. The van der Waals surface area contributed by atoms with Crippen molar-refractivity contribution in [3.8, 4) is 0 Å². The van der Waals surface area contributed by atoms with Crippen molar-refractivity contribution in [3.05, 3.63) is 78.0 Å². The number of hydrogen-bond donors (Lipinski definition) is 1. The number of amides is 2. The van der Waals surface area contributed by atoms with Crippen molar-refractivity contribution in [1.82, 2.24) is 9.78 Å². The van der Waals surface area contributed by atoms with Crippen molar-refractivity contribution in [1.29, 1.82) is 0 Å². The number of nitrogens with one attached hydrogen (secondary N) is 1. The van der Waals surface area contributed by atoms with Gasteiger partial charge in [0.05, 0.1) is 12.7 Å². The third-order valence-electron chi connectivity index (χ3n) is 4.63. The Morgan fingerprint density at radius 2 is 1.93 bits per heavy atom. The highest BCUT2D eigenvalue weighted by Crippen LogP contribution is 2.23. The van der Waals surface area contributed by atoms with Crippen molar-refractivity contribution < 1.29 is 9.59 Å². The van der Waals surface area contributed by atoms with E-state index in [2.05, 4.69) is 10.4 Å². The molecule has 0 atom stereocenters. The SMILES string of the molecule is O=C(Nc1ccnn1Cc1ccccc1)c1cccc(N2CCCC2=O)c1. The molecule has 27 heavy (non-hydrogen) atoms. The molecule has 1 saturated heterocycles. The molecule has 1 N–H and O–H groups in total. The van der Waals surface area contributed by atoms with Crippen molar-refractivity contribution in [2.24, 2.45) is 0 Å². The first kappa shape index (κ1) is 17.0. The van der Waals surface area contributed by atoms with E-state index >= 15 is 0 Å². The first-order valence-corrected chi connectivity index (χ1v) is 8.98. The van der Waals surface area contributed by atoms with Gasteiger partial charge in [0, 0.05) is 30.3 Å². The maximum atomic E-state index is 12.7. The lowest BCUT2D eigenvalue weighted by Gasteiger charge is -2.16. The second kappa shape index (κ2) is 7.45. The van der Waals surface area contributed by atoms with Gasteiger partial charge in [-0.15, -0.1) is 0 Å². The van der Waals surface area contributed by atoms with E-state index in [0.717, 1.165) is 17.7 Å². The molecule has 1 aliphatic rings. The van der Waals surface area contributed by atoms with Gasteiger partial charge in [0.2, 0.25) is 5.91 Å². The zero-order valence-corrected chi connectivity index (χ0v) is 14.8. The van der Waals surface area contributed by atoms with Crippen molar-refractivity contribution >= 4 is 23.3 Å². The summed E-state index contributed by atoms with van der Waals surface area (Å²) in [6, 6.07) is 18.9. The molecule has 1 aromatic heterocycles. The molecule has 0 saturated carbocycles. The molecule has 0 unspecified atom stereocenters. The summed E-state index contributed by atoms with van der Waals surface area (Å²) in [6.45, 7) is 1.28. The summed E-state index contributed by atoms with van der Waals surface area (Å²) in [5, 5.41) is 7.21. The van der Waals surface area contributed by atoms with Crippen LogP contribution in [0, 0.1) is 0 Å². The molecule has 2 heterocycles. The van der Waals surface area contributed by atoms with Crippen LogP contribution in [0.4, 0.5) is 11.5 Å². The summed E-state index contributed by atoms with van der Waals surface area (Å²) in [5.41, 5.74) is 2.38. The fourth-order valence-electron chi connectivity index (χ4n) is 3.25. The quantitative estimate of drug-likeness (QED) is 0.759. The van der Waals surface area contributed by atoms with Crippen molar-refractivity contribution in [2.75, 3.05) is 16.8 Å². The molecule has 1 aliphatic heterocycles. The number of rotatable bonds is 5. The van der Waals surface area contributed by atoms with Crippen LogP contribution in [0.2, 0.25) is 0 Å². The molecule has 136 valence electrons. The molecule has 2 amide bonds. The Hall–Kier alpha value is -3.41. The van der Waals surface area contributed by atoms with E-state index in [4.69, 9.17) is 0 Å². The maximum absolute atomic E-state index is 12.7. The van der Waals surface area contributed by atoms with Crippen molar-refractivity contribution in [2.45, 2.75) is 19.4 Å². The number of carbonyl (C=O) groups excluding carboxylic acids is 2. The Bertz CT molecular complexity index is 965. The zero-order chi connectivity index (χ0) is 18.6. The third-order valence-corrected chi connectivity index (χ3v) is 4.63. The standard InChI is InChI=1S/C21H20N4O2/c26-20-10-5-13-24(20)18-9-4-8-17(14-18)21(27)23-19-11-12-22-25(19)15-16-6-2-1-3-7-16/h1-4,6-9,11-12,14H,5,10,13,15H2,(H,23,27). The second-order valence-electron chi connectivity index (χ2n) is 6.51. The minimum atomic E-state index is -0.224. The second-order valence-corrected chi connectivity index (χ2v) is 6.51. The molecule has 0 bridgehead atoms. The number of benzene rings is 2. The Labute approximate surface area is 157 Å². The van der Waals surface area contributed by atoms with Crippen LogP contribution >= 0.6 is 0 Å². The van der Waals surface area contributed by atoms with E-state index in [1.54, 1.807) is 40.0 Å². The van der Waals surface area contributed by atoms with Gasteiger partial charge in [-0.05, 0) is 30.2 Å². The maximum Gasteiger partial charge on any atom is 0.256 e. The number of hydrogen-bond acceptors (Lipinski definition) is 3. The minimum absolute atomic E-state index is 0.105. The van der Waals surface area contributed by atoms with E-state index in [1.165, 1.54) is 0 Å². The van der Waals surface area contributed by atoms with Crippen LogP contribution in [-0.2, 0) is 11.3 Å². The topological polar surface area (TPSA) is 67.2 Å². The lowest BCUT2D eigenvalue weighted by molar-refractivity contribution is -0.117. The largest absolute Gasteiger partial charge is 0.312 e. The van der Waals surface area contributed by atoms with Gasteiger partial charge in [-0.3, -0.25) is 9.59 Å². The molecule has 2 aromatic carbocycles. The Morgan fingerprint density at radius 1 is 1.07 bits per heavy atom. The number of aromatic nitrogens is 2. The normalized spacial score (nSPS) is 13.8. The van der Waals surface area contributed by atoms with Gasteiger partial charge in [-0.25, -0.2) is 4.68 Å². The lowest BCUT2D eigenvalue weighted by atomic mass is 10.1. The number of nitrogens with zero attached hydrogens (tertiary/aromatic N) is 3. The predicted octanol–water partition coefficient (Wildman–Crippen LogP) is 3.31. The number of anilines is 2. The first-order chi connectivity index (χ1) is 13.2. The van der Waals surface area contributed by atoms with Crippen LogP contribution < -0.4 is 10.2 Å². The van der Waals surface area contributed by atoms with E-state index in [-0.39, 0.29) is 11.8 Å². The molecular formula is C21H20N4O2. The molecule has 6 heteroatoms. The zero-order valence-electron chi connectivity index (χ0n) is 14.8. The summed E-state index contributed by atoms with van der Waals surface area (Å²) in [7, 11) is 0. The molecule has 3 aromatic rings. The lowest BCUT2D eigenvalue weighted by Crippen LogP contribution is -2.24. The molecular weight excluding hydrogens is 340 g/mol. The van der Waals surface area contributed by atoms with E-state index in [1.807, 2.05) is 36.4 Å². The third kappa shape index (κ3) is 3.74.